The van der Waals surface area contributed by atoms with Crippen molar-refractivity contribution >= 4 is 46.5 Å². The molecule has 0 saturated carbocycles. The Balaban J connectivity index is 1.74. The van der Waals surface area contributed by atoms with Crippen LogP contribution in [0.3, 0.4) is 0 Å². The van der Waals surface area contributed by atoms with Gasteiger partial charge < -0.3 is 4.90 Å². The predicted molar refractivity (Wildman–Crippen MR) is 111 cm³/mol. The van der Waals surface area contributed by atoms with Gasteiger partial charge in [0.1, 0.15) is 0 Å². The molecule has 0 spiro atoms. The number of rotatable bonds is 3. The van der Waals surface area contributed by atoms with Crippen LogP contribution in [0.5, 0.6) is 0 Å². The van der Waals surface area contributed by atoms with E-state index in [0.717, 1.165) is 22.1 Å². The van der Waals surface area contributed by atoms with Gasteiger partial charge in [-0.2, -0.15) is 30.0 Å². The van der Waals surface area contributed by atoms with E-state index in [0.29, 0.717) is 23.7 Å². The lowest BCUT2D eigenvalue weighted by Crippen LogP contribution is -2.38. The van der Waals surface area contributed by atoms with Crippen LogP contribution in [0.1, 0.15) is 11.4 Å². The highest BCUT2D eigenvalue weighted by Crippen LogP contribution is 2.34. The minimum absolute atomic E-state index is 0.00268. The van der Waals surface area contributed by atoms with Gasteiger partial charge in [-0.25, -0.2) is 9.50 Å². The van der Waals surface area contributed by atoms with Gasteiger partial charge in [0.05, 0.1) is 27.9 Å². The number of carbonyl (C=O) groups is 1. The van der Waals surface area contributed by atoms with Crippen molar-refractivity contribution in [1.29, 1.82) is 0 Å². The lowest BCUT2D eigenvalue weighted by atomic mass is 10.1. The summed E-state index contributed by atoms with van der Waals surface area (Å²) in [4.78, 5) is 18.5. The van der Waals surface area contributed by atoms with Crippen molar-refractivity contribution in [2.24, 2.45) is 0 Å². The number of thioether (sulfide) groups is 1. The first-order chi connectivity index (χ1) is 14.2. The summed E-state index contributed by atoms with van der Waals surface area (Å²) in [6.07, 6.45) is -4.74. The fraction of sp³-hybridized carbons (Fsp3) is 0.316. The maximum atomic E-state index is 13.7. The maximum absolute atomic E-state index is 13.7. The van der Waals surface area contributed by atoms with Gasteiger partial charge in [-0.3, -0.25) is 4.79 Å². The third kappa shape index (κ3) is 4.38. The minimum atomic E-state index is -4.66. The van der Waals surface area contributed by atoms with E-state index in [1.807, 2.05) is 0 Å². The normalized spacial score (nSPS) is 15.0. The van der Waals surface area contributed by atoms with E-state index in [1.165, 1.54) is 18.2 Å². The molecular weight excluding hydrogens is 460 g/mol. The molecule has 0 aliphatic carbocycles. The molecule has 1 saturated heterocycles. The van der Waals surface area contributed by atoms with E-state index < -0.39 is 11.9 Å². The highest BCUT2D eigenvalue weighted by molar-refractivity contribution is 7.99. The second-order valence-electron chi connectivity index (χ2n) is 6.73. The standard InChI is InChI=1S/C19H15Cl2F3N4OS/c20-13-2-1-11(7-14(13)21)15-10-16(19(22,23)24)28-17(25-15)8-12(26-28)9-18(29)27-3-5-30-6-4-27/h1-2,7-8,10H,3-6,9H2. The van der Waals surface area contributed by atoms with Crippen LogP contribution in [0.4, 0.5) is 13.2 Å². The Morgan fingerprint density at radius 1 is 1.10 bits per heavy atom. The van der Waals surface area contributed by atoms with Crippen LogP contribution >= 0.6 is 35.0 Å². The molecule has 3 aromatic rings. The van der Waals surface area contributed by atoms with Crippen molar-refractivity contribution in [3.63, 3.8) is 0 Å². The van der Waals surface area contributed by atoms with Crippen LogP contribution in [0, 0.1) is 0 Å². The molecule has 0 N–H and O–H groups in total. The smallest absolute Gasteiger partial charge is 0.341 e. The Morgan fingerprint density at radius 3 is 2.50 bits per heavy atom. The first-order valence-corrected chi connectivity index (χ1v) is 10.9. The summed E-state index contributed by atoms with van der Waals surface area (Å²) in [5, 5.41) is 4.52. The fourth-order valence-electron chi connectivity index (χ4n) is 3.19. The Bertz CT molecular complexity index is 1110. The Labute approximate surface area is 184 Å². The predicted octanol–water partition coefficient (Wildman–Crippen LogP) is 4.84. The highest BCUT2D eigenvalue weighted by atomic mass is 35.5. The molecule has 1 aliphatic heterocycles. The zero-order valence-corrected chi connectivity index (χ0v) is 17.7. The van der Waals surface area contributed by atoms with Crippen LogP contribution in [0.2, 0.25) is 10.0 Å². The molecule has 11 heteroatoms. The summed E-state index contributed by atoms with van der Waals surface area (Å²) >= 11 is 13.7. The van der Waals surface area contributed by atoms with E-state index in [-0.39, 0.29) is 34.4 Å². The average Bonchev–Trinajstić information content (AvgIpc) is 3.11. The molecule has 1 fully saturated rings. The van der Waals surface area contributed by atoms with E-state index in [1.54, 1.807) is 22.7 Å². The van der Waals surface area contributed by atoms with Crippen LogP contribution < -0.4 is 0 Å². The minimum Gasteiger partial charge on any atom is -0.341 e. The van der Waals surface area contributed by atoms with E-state index in [9.17, 15) is 18.0 Å². The lowest BCUT2D eigenvalue weighted by molar-refractivity contribution is -0.142. The zero-order chi connectivity index (χ0) is 21.5. The summed E-state index contributed by atoms with van der Waals surface area (Å²) in [6.45, 7) is 1.26. The molecular formula is C19H15Cl2F3N4OS. The second-order valence-corrected chi connectivity index (χ2v) is 8.77. The first kappa shape index (κ1) is 21.3. The van der Waals surface area contributed by atoms with Crippen LogP contribution in [-0.2, 0) is 17.4 Å². The molecule has 5 nitrogen and oxygen atoms in total. The summed E-state index contributed by atoms with van der Waals surface area (Å²) in [5.74, 6) is 1.55. The number of aromatic nitrogens is 3. The van der Waals surface area contributed by atoms with Gasteiger partial charge in [0.25, 0.3) is 0 Å². The third-order valence-corrected chi connectivity index (χ3v) is 6.36. The number of halogens is 5. The number of benzene rings is 1. The van der Waals surface area contributed by atoms with Gasteiger partial charge in [0, 0.05) is 36.2 Å². The van der Waals surface area contributed by atoms with Crippen molar-refractivity contribution in [3.05, 3.63) is 51.8 Å². The summed E-state index contributed by atoms with van der Waals surface area (Å²) in [5.41, 5.74) is -0.270. The number of hydrogen-bond donors (Lipinski definition) is 0. The summed E-state index contributed by atoms with van der Waals surface area (Å²) < 4.78 is 41.9. The van der Waals surface area contributed by atoms with Gasteiger partial charge in [-0.1, -0.05) is 29.3 Å². The van der Waals surface area contributed by atoms with Crippen LogP contribution in [0.15, 0.2) is 30.3 Å². The first-order valence-electron chi connectivity index (χ1n) is 9.00. The van der Waals surface area contributed by atoms with Crippen molar-refractivity contribution in [2.45, 2.75) is 12.6 Å². The largest absolute Gasteiger partial charge is 0.433 e. The maximum Gasteiger partial charge on any atom is 0.433 e. The average molecular weight is 475 g/mol. The third-order valence-electron chi connectivity index (χ3n) is 4.68. The quantitative estimate of drug-likeness (QED) is 0.544. The highest BCUT2D eigenvalue weighted by Gasteiger charge is 2.35. The number of fused-ring (bicyclic) bond motifs is 1. The molecule has 158 valence electrons. The Hall–Kier alpha value is -1.97. The van der Waals surface area contributed by atoms with Gasteiger partial charge in [0.2, 0.25) is 5.91 Å². The van der Waals surface area contributed by atoms with Crippen molar-refractivity contribution in [3.8, 4) is 11.3 Å². The monoisotopic (exact) mass is 474 g/mol. The van der Waals surface area contributed by atoms with Crippen molar-refractivity contribution in [2.75, 3.05) is 24.6 Å². The Kier molecular flexibility index (Phi) is 5.87. The van der Waals surface area contributed by atoms with E-state index in [2.05, 4.69) is 10.1 Å². The number of carbonyl (C=O) groups excluding carboxylic acids is 1. The molecule has 2 aromatic heterocycles. The number of alkyl halides is 3. The summed E-state index contributed by atoms with van der Waals surface area (Å²) in [7, 11) is 0. The van der Waals surface area contributed by atoms with E-state index >= 15 is 0 Å². The molecule has 4 rings (SSSR count). The SMILES string of the molecule is O=C(Cc1cc2nc(-c3ccc(Cl)c(Cl)c3)cc(C(F)(F)F)n2n1)N1CCSCC1. The van der Waals surface area contributed by atoms with Crippen LogP contribution in [0.25, 0.3) is 16.9 Å². The van der Waals surface area contributed by atoms with E-state index in [4.69, 9.17) is 23.2 Å². The van der Waals surface area contributed by atoms with Crippen molar-refractivity contribution < 1.29 is 18.0 Å². The molecule has 0 atom stereocenters. The Morgan fingerprint density at radius 2 is 1.83 bits per heavy atom. The van der Waals surface area contributed by atoms with Gasteiger partial charge in [0.15, 0.2) is 11.3 Å². The van der Waals surface area contributed by atoms with Crippen molar-refractivity contribution in [1.82, 2.24) is 19.5 Å². The molecule has 1 amide bonds. The van der Waals surface area contributed by atoms with Crippen LogP contribution in [-0.4, -0.2) is 50.0 Å². The fourth-order valence-corrected chi connectivity index (χ4v) is 4.39. The van der Waals surface area contributed by atoms with Gasteiger partial charge in [-0.05, 0) is 18.2 Å². The number of amides is 1. The number of hydrogen-bond acceptors (Lipinski definition) is 4. The second kappa shape index (κ2) is 8.28. The lowest BCUT2D eigenvalue weighted by Gasteiger charge is -2.26. The van der Waals surface area contributed by atoms with Gasteiger partial charge in [-0.15, -0.1) is 0 Å². The molecule has 1 aliphatic rings. The topological polar surface area (TPSA) is 50.5 Å². The molecule has 1 aromatic carbocycles. The number of nitrogens with zero attached hydrogens (tertiary/aromatic N) is 4. The molecule has 30 heavy (non-hydrogen) atoms. The summed E-state index contributed by atoms with van der Waals surface area (Å²) in [6, 6.07) is 6.82. The molecule has 3 heterocycles. The zero-order valence-electron chi connectivity index (χ0n) is 15.4. The molecule has 0 radical (unpaired) electrons. The molecule has 0 bridgehead atoms. The molecule has 0 unspecified atom stereocenters. The van der Waals surface area contributed by atoms with Gasteiger partial charge >= 0.3 is 6.18 Å².